The van der Waals surface area contributed by atoms with Crippen LogP contribution in [0.2, 0.25) is 0 Å². The first-order chi connectivity index (χ1) is 9.71. The normalized spacial score (nSPS) is 16.6. The van der Waals surface area contributed by atoms with E-state index in [1.54, 1.807) is 7.11 Å². The lowest BCUT2D eigenvalue weighted by Gasteiger charge is -2.27. The van der Waals surface area contributed by atoms with Gasteiger partial charge in [-0.2, -0.15) is 0 Å². The SMILES string of the molecule is CCCN[C@H]1CCc2c(ccc(OC)c2C(=O)OC)C1.Cl. The summed E-state index contributed by atoms with van der Waals surface area (Å²) in [6, 6.07) is 4.44. The molecule has 1 N–H and O–H groups in total. The number of methoxy groups -OCH3 is 2. The van der Waals surface area contributed by atoms with E-state index >= 15 is 0 Å². The van der Waals surface area contributed by atoms with Gasteiger partial charge in [0.1, 0.15) is 11.3 Å². The third kappa shape index (κ3) is 3.89. The predicted octanol–water partition coefficient (Wildman–Crippen LogP) is 2.76. The van der Waals surface area contributed by atoms with E-state index in [1.807, 2.05) is 6.07 Å². The van der Waals surface area contributed by atoms with Gasteiger partial charge in [0.15, 0.2) is 0 Å². The Balaban J connectivity index is 0.00000220. The molecule has 0 heterocycles. The maximum Gasteiger partial charge on any atom is 0.341 e. The lowest BCUT2D eigenvalue weighted by atomic mass is 9.85. The average Bonchev–Trinajstić information content (AvgIpc) is 2.50. The molecule has 1 aromatic carbocycles. The Bertz CT molecular complexity index is 491. The van der Waals surface area contributed by atoms with Gasteiger partial charge in [-0.05, 0) is 49.4 Å². The smallest absolute Gasteiger partial charge is 0.341 e. The topological polar surface area (TPSA) is 47.6 Å². The van der Waals surface area contributed by atoms with Crippen molar-refractivity contribution in [3.8, 4) is 5.75 Å². The maximum absolute atomic E-state index is 12.0. The van der Waals surface area contributed by atoms with Gasteiger partial charge in [0.2, 0.25) is 0 Å². The molecule has 1 atom stereocenters. The second kappa shape index (κ2) is 8.25. The van der Waals surface area contributed by atoms with Crippen LogP contribution in [-0.4, -0.2) is 32.8 Å². The molecule has 0 radical (unpaired) electrons. The fourth-order valence-electron chi connectivity index (χ4n) is 2.85. The van der Waals surface area contributed by atoms with Gasteiger partial charge >= 0.3 is 5.97 Å². The van der Waals surface area contributed by atoms with Crippen LogP contribution < -0.4 is 10.1 Å². The summed E-state index contributed by atoms with van der Waals surface area (Å²) in [6.07, 6.45) is 4.03. The van der Waals surface area contributed by atoms with E-state index in [1.165, 1.54) is 12.7 Å². The molecule has 0 saturated carbocycles. The molecule has 0 unspecified atom stereocenters. The first kappa shape index (κ1) is 17.8. The Hall–Kier alpha value is -1.26. The van der Waals surface area contributed by atoms with E-state index in [4.69, 9.17) is 9.47 Å². The number of fused-ring (bicyclic) bond motifs is 1. The molecule has 0 aliphatic heterocycles. The quantitative estimate of drug-likeness (QED) is 0.849. The Morgan fingerprint density at radius 1 is 1.38 bits per heavy atom. The number of hydrogen-bond acceptors (Lipinski definition) is 4. The molecule has 2 rings (SSSR count). The van der Waals surface area contributed by atoms with Crippen molar-refractivity contribution in [2.45, 2.75) is 38.6 Å². The van der Waals surface area contributed by atoms with Crippen LogP contribution >= 0.6 is 12.4 Å². The number of esters is 1. The summed E-state index contributed by atoms with van der Waals surface area (Å²) in [4.78, 5) is 12.0. The van der Waals surface area contributed by atoms with Crippen molar-refractivity contribution in [2.75, 3.05) is 20.8 Å². The largest absolute Gasteiger partial charge is 0.496 e. The summed E-state index contributed by atoms with van der Waals surface area (Å²) < 4.78 is 10.2. The fraction of sp³-hybridized carbons (Fsp3) is 0.562. The zero-order chi connectivity index (χ0) is 14.5. The Morgan fingerprint density at radius 2 is 2.14 bits per heavy atom. The van der Waals surface area contributed by atoms with Crippen LogP contribution in [0.15, 0.2) is 12.1 Å². The molecule has 0 saturated heterocycles. The highest BCUT2D eigenvalue weighted by molar-refractivity contribution is 5.94. The molecule has 4 nitrogen and oxygen atoms in total. The molecule has 0 spiro atoms. The summed E-state index contributed by atoms with van der Waals surface area (Å²) in [6.45, 7) is 3.21. The van der Waals surface area contributed by atoms with E-state index < -0.39 is 0 Å². The van der Waals surface area contributed by atoms with Crippen molar-refractivity contribution in [2.24, 2.45) is 0 Å². The Labute approximate surface area is 132 Å². The fourth-order valence-corrected chi connectivity index (χ4v) is 2.85. The number of carbonyl (C=O) groups excluding carboxylic acids is 1. The van der Waals surface area contributed by atoms with Crippen molar-refractivity contribution in [1.29, 1.82) is 0 Å². The summed E-state index contributed by atoms with van der Waals surface area (Å²) in [5.74, 6) is 0.300. The molecule has 1 aromatic rings. The third-order valence-corrected chi connectivity index (χ3v) is 3.87. The lowest BCUT2D eigenvalue weighted by Crippen LogP contribution is -2.35. The monoisotopic (exact) mass is 313 g/mol. The molecule has 0 bridgehead atoms. The van der Waals surface area contributed by atoms with Gasteiger partial charge in [-0.3, -0.25) is 0 Å². The van der Waals surface area contributed by atoms with Crippen molar-refractivity contribution >= 4 is 18.4 Å². The van der Waals surface area contributed by atoms with Crippen LogP contribution in [0.4, 0.5) is 0 Å². The minimum Gasteiger partial charge on any atom is -0.496 e. The van der Waals surface area contributed by atoms with Crippen molar-refractivity contribution in [3.05, 3.63) is 28.8 Å². The Morgan fingerprint density at radius 3 is 2.76 bits per heavy atom. The number of nitrogens with one attached hydrogen (secondary N) is 1. The van der Waals surface area contributed by atoms with Gasteiger partial charge in [-0.25, -0.2) is 4.79 Å². The molecule has 118 valence electrons. The molecular formula is C16H24ClNO3. The van der Waals surface area contributed by atoms with E-state index in [0.29, 0.717) is 17.4 Å². The number of rotatable bonds is 5. The summed E-state index contributed by atoms with van der Waals surface area (Å²) in [5.41, 5.74) is 2.92. The highest BCUT2D eigenvalue weighted by atomic mass is 35.5. The van der Waals surface area contributed by atoms with Crippen molar-refractivity contribution in [3.63, 3.8) is 0 Å². The maximum atomic E-state index is 12.0. The molecule has 1 aliphatic rings. The van der Waals surface area contributed by atoms with Crippen LogP contribution in [0, 0.1) is 0 Å². The molecule has 0 fully saturated rings. The highest BCUT2D eigenvalue weighted by Gasteiger charge is 2.26. The predicted molar refractivity (Wildman–Crippen MR) is 85.7 cm³/mol. The van der Waals surface area contributed by atoms with Crippen LogP contribution in [0.5, 0.6) is 5.75 Å². The summed E-state index contributed by atoms with van der Waals surface area (Å²) in [7, 11) is 3.00. The van der Waals surface area contributed by atoms with Crippen molar-refractivity contribution in [1.82, 2.24) is 5.32 Å². The number of benzene rings is 1. The van der Waals surface area contributed by atoms with Crippen LogP contribution in [0.1, 0.15) is 41.3 Å². The van der Waals surface area contributed by atoms with E-state index in [0.717, 1.165) is 37.8 Å². The van der Waals surface area contributed by atoms with Gasteiger partial charge in [-0.1, -0.05) is 13.0 Å². The average molecular weight is 314 g/mol. The highest BCUT2D eigenvalue weighted by Crippen LogP contribution is 2.31. The van der Waals surface area contributed by atoms with Gasteiger partial charge < -0.3 is 14.8 Å². The Kier molecular flexibility index (Phi) is 6.99. The minimum absolute atomic E-state index is 0. The molecule has 1 aliphatic carbocycles. The first-order valence-corrected chi connectivity index (χ1v) is 7.21. The van der Waals surface area contributed by atoms with Crippen LogP contribution in [0.25, 0.3) is 0 Å². The number of halogens is 1. The first-order valence-electron chi connectivity index (χ1n) is 7.21. The minimum atomic E-state index is -0.307. The third-order valence-electron chi connectivity index (χ3n) is 3.87. The van der Waals surface area contributed by atoms with Gasteiger partial charge in [0.05, 0.1) is 14.2 Å². The molecular weight excluding hydrogens is 290 g/mol. The van der Waals surface area contributed by atoms with Gasteiger partial charge in [0, 0.05) is 6.04 Å². The van der Waals surface area contributed by atoms with Gasteiger partial charge in [0.25, 0.3) is 0 Å². The van der Waals surface area contributed by atoms with Crippen molar-refractivity contribution < 1.29 is 14.3 Å². The zero-order valence-electron chi connectivity index (χ0n) is 12.9. The van der Waals surface area contributed by atoms with E-state index in [-0.39, 0.29) is 18.4 Å². The van der Waals surface area contributed by atoms with E-state index in [2.05, 4.69) is 18.3 Å². The molecule has 21 heavy (non-hydrogen) atoms. The number of hydrogen-bond donors (Lipinski definition) is 1. The number of carbonyl (C=O) groups is 1. The summed E-state index contributed by atoms with van der Waals surface area (Å²) >= 11 is 0. The second-order valence-corrected chi connectivity index (χ2v) is 5.17. The number of ether oxygens (including phenoxy) is 2. The molecule has 0 aromatic heterocycles. The van der Waals surface area contributed by atoms with Gasteiger partial charge in [-0.15, -0.1) is 12.4 Å². The van der Waals surface area contributed by atoms with E-state index in [9.17, 15) is 4.79 Å². The standard InChI is InChI=1S/C16H23NO3.ClH/c1-4-9-17-12-6-7-13-11(10-12)5-8-14(19-2)15(13)16(18)20-3;/h5,8,12,17H,4,6-7,9-10H2,1-3H3;1H/t12-;/m0./s1. The molecule has 0 amide bonds. The summed E-state index contributed by atoms with van der Waals surface area (Å²) in [5, 5.41) is 3.56. The zero-order valence-corrected chi connectivity index (χ0v) is 13.7. The molecule has 5 heteroatoms. The van der Waals surface area contributed by atoms with Crippen LogP contribution in [0.3, 0.4) is 0 Å². The lowest BCUT2D eigenvalue weighted by molar-refractivity contribution is 0.0595. The second-order valence-electron chi connectivity index (χ2n) is 5.17. The van der Waals surface area contributed by atoms with Crippen LogP contribution in [-0.2, 0) is 17.6 Å².